The van der Waals surface area contributed by atoms with Crippen molar-refractivity contribution in [2.24, 2.45) is 0 Å². The lowest BCUT2D eigenvalue weighted by atomic mass is 10.1. The number of nitrogens with zero attached hydrogens (tertiary/aromatic N) is 4. The fourth-order valence-electron chi connectivity index (χ4n) is 2.04. The number of nitrogens with one attached hydrogen (secondary N) is 1. The minimum absolute atomic E-state index is 0.808. The minimum atomic E-state index is 0.808. The van der Waals surface area contributed by atoms with Crippen molar-refractivity contribution in [3.8, 4) is 0 Å². The summed E-state index contributed by atoms with van der Waals surface area (Å²) in [6, 6.07) is 0. The number of aromatic nitrogens is 3. The van der Waals surface area contributed by atoms with Gasteiger partial charge in [-0.15, -0.1) is 5.10 Å². The summed E-state index contributed by atoms with van der Waals surface area (Å²) in [5.41, 5.74) is 2.53. The van der Waals surface area contributed by atoms with Gasteiger partial charge in [0.2, 0.25) is 0 Å². The highest BCUT2D eigenvalue weighted by atomic mass is 15.4. The van der Waals surface area contributed by atoms with Gasteiger partial charge in [-0.25, -0.2) is 0 Å². The third-order valence-electron chi connectivity index (χ3n) is 3.31. The van der Waals surface area contributed by atoms with E-state index < -0.39 is 0 Å². The Morgan fingerprint density at radius 3 is 3.00 bits per heavy atom. The maximum atomic E-state index is 4.15. The minimum Gasteiger partial charge on any atom is -0.311 e. The topological polar surface area (TPSA) is 46.0 Å². The van der Waals surface area contributed by atoms with E-state index >= 15 is 0 Å². The van der Waals surface area contributed by atoms with Crippen molar-refractivity contribution in [1.82, 2.24) is 25.2 Å². The van der Waals surface area contributed by atoms with E-state index in [9.17, 15) is 0 Å². The van der Waals surface area contributed by atoms with Gasteiger partial charge in [0.1, 0.15) is 0 Å². The van der Waals surface area contributed by atoms with Crippen LogP contribution in [0.25, 0.3) is 0 Å². The van der Waals surface area contributed by atoms with Gasteiger partial charge in [0.15, 0.2) is 0 Å². The molecular weight excluding hydrogens is 226 g/mol. The summed E-state index contributed by atoms with van der Waals surface area (Å²) < 4.78 is 1.94. The highest BCUT2D eigenvalue weighted by Crippen LogP contribution is 2.09. The third-order valence-corrected chi connectivity index (χ3v) is 3.31. The Morgan fingerprint density at radius 2 is 2.28 bits per heavy atom. The van der Waals surface area contributed by atoms with Crippen LogP contribution in [0.4, 0.5) is 0 Å². The van der Waals surface area contributed by atoms with Crippen molar-refractivity contribution in [2.45, 2.75) is 33.4 Å². The maximum Gasteiger partial charge on any atom is 0.0964 e. The zero-order chi connectivity index (χ0) is 12.8. The van der Waals surface area contributed by atoms with Gasteiger partial charge in [0.25, 0.3) is 0 Å². The first kappa shape index (κ1) is 13.2. The van der Waals surface area contributed by atoms with Gasteiger partial charge in [0, 0.05) is 32.4 Å². The molecule has 1 aliphatic heterocycles. The summed E-state index contributed by atoms with van der Waals surface area (Å²) >= 11 is 0. The molecule has 100 valence electrons. The van der Waals surface area contributed by atoms with Crippen molar-refractivity contribution >= 4 is 0 Å². The smallest absolute Gasteiger partial charge is 0.0964 e. The summed E-state index contributed by atoms with van der Waals surface area (Å²) in [6.07, 6.45) is 5.55. The zero-order valence-electron chi connectivity index (χ0n) is 11.4. The Labute approximate surface area is 109 Å². The number of hydrogen-bond donors (Lipinski definition) is 1. The predicted molar refractivity (Wildman–Crippen MR) is 72.2 cm³/mol. The molecule has 0 saturated carbocycles. The van der Waals surface area contributed by atoms with Crippen LogP contribution >= 0.6 is 0 Å². The van der Waals surface area contributed by atoms with Crippen LogP contribution in [0.1, 0.15) is 26.0 Å². The lowest BCUT2D eigenvalue weighted by Crippen LogP contribution is -2.31. The van der Waals surface area contributed by atoms with E-state index in [4.69, 9.17) is 0 Å². The Hall–Kier alpha value is -1.20. The molecule has 0 unspecified atom stereocenters. The molecule has 0 fully saturated rings. The molecule has 0 radical (unpaired) electrons. The third kappa shape index (κ3) is 3.92. The monoisotopic (exact) mass is 249 g/mol. The molecular formula is C13H23N5. The molecule has 0 aliphatic carbocycles. The van der Waals surface area contributed by atoms with Crippen LogP contribution < -0.4 is 5.32 Å². The van der Waals surface area contributed by atoms with E-state index in [-0.39, 0.29) is 0 Å². The van der Waals surface area contributed by atoms with Crippen LogP contribution in [0.15, 0.2) is 17.8 Å². The molecule has 18 heavy (non-hydrogen) atoms. The molecule has 0 spiro atoms. The van der Waals surface area contributed by atoms with Crippen molar-refractivity contribution < 1.29 is 0 Å². The summed E-state index contributed by atoms with van der Waals surface area (Å²) in [6.45, 7) is 10.3. The second kappa shape index (κ2) is 6.66. The normalized spacial score (nSPS) is 16.9. The quantitative estimate of drug-likeness (QED) is 0.765. The average Bonchev–Trinajstić information content (AvgIpc) is 2.84. The van der Waals surface area contributed by atoms with Gasteiger partial charge >= 0.3 is 0 Å². The molecule has 2 rings (SSSR count). The van der Waals surface area contributed by atoms with Crippen LogP contribution in [0.5, 0.6) is 0 Å². The summed E-state index contributed by atoms with van der Waals surface area (Å²) in [4.78, 5) is 2.46. The molecule has 1 aromatic rings. The lowest BCUT2D eigenvalue weighted by Gasteiger charge is -2.24. The molecule has 5 heteroatoms. The summed E-state index contributed by atoms with van der Waals surface area (Å²) in [7, 11) is 0. The SMILES string of the molecule is CCNCc1cn(CCN2CC=C(C)CC2)nn1. The van der Waals surface area contributed by atoms with E-state index in [1.165, 1.54) is 18.5 Å². The van der Waals surface area contributed by atoms with Crippen LogP contribution in [0.2, 0.25) is 0 Å². The van der Waals surface area contributed by atoms with Gasteiger partial charge in [-0.2, -0.15) is 0 Å². The molecule has 0 atom stereocenters. The first-order valence-electron chi connectivity index (χ1n) is 6.75. The molecule has 0 aromatic carbocycles. The molecule has 0 amide bonds. The molecule has 0 bridgehead atoms. The maximum absolute atomic E-state index is 4.15. The molecule has 0 saturated heterocycles. The van der Waals surface area contributed by atoms with Gasteiger partial charge in [-0.1, -0.05) is 23.8 Å². The van der Waals surface area contributed by atoms with Crippen molar-refractivity contribution in [3.05, 3.63) is 23.5 Å². The highest BCUT2D eigenvalue weighted by Gasteiger charge is 2.09. The predicted octanol–water partition coefficient (Wildman–Crippen LogP) is 1.04. The molecule has 5 nitrogen and oxygen atoms in total. The van der Waals surface area contributed by atoms with Gasteiger partial charge in [-0.3, -0.25) is 9.58 Å². The Morgan fingerprint density at radius 1 is 1.39 bits per heavy atom. The second-order valence-electron chi connectivity index (χ2n) is 4.85. The molecule has 1 aromatic heterocycles. The van der Waals surface area contributed by atoms with Crippen LogP contribution in [0.3, 0.4) is 0 Å². The van der Waals surface area contributed by atoms with Gasteiger partial charge in [-0.05, 0) is 19.9 Å². The largest absolute Gasteiger partial charge is 0.311 e. The van der Waals surface area contributed by atoms with Crippen LogP contribution in [-0.4, -0.2) is 46.1 Å². The fraction of sp³-hybridized carbons (Fsp3) is 0.692. The summed E-state index contributed by atoms with van der Waals surface area (Å²) in [5.74, 6) is 0. The van der Waals surface area contributed by atoms with Crippen molar-refractivity contribution in [3.63, 3.8) is 0 Å². The number of rotatable bonds is 6. The van der Waals surface area contributed by atoms with E-state index in [0.717, 1.165) is 38.4 Å². The van der Waals surface area contributed by atoms with E-state index in [0.29, 0.717) is 0 Å². The Bertz CT molecular complexity index is 396. The highest BCUT2D eigenvalue weighted by molar-refractivity contribution is 5.03. The lowest BCUT2D eigenvalue weighted by molar-refractivity contribution is 0.276. The number of hydrogen-bond acceptors (Lipinski definition) is 4. The molecule has 1 aliphatic rings. The summed E-state index contributed by atoms with van der Waals surface area (Å²) in [5, 5.41) is 11.6. The molecule has 2 heterocycles. The first-order chi connectivity index (χ1) is 8.78. The van der Waals surface area contributed by atoms with E-state index in [2.05, 4.69) is 40.5 Å². The van der Waals surface area contributed by atoms with E-state index in [1.54, 1.807) is 0 Å². The standard InChI is InChI=1S/C13H23N5/c1-3-14-10-13-11-18(16-15-13)9-8-17-6-4-12(2)5-7-17/h4,11,14H,3,5-10H2,1-2H3. The average molecular weight is 249 g/mol. The van der Waals surface area contributed by atoms with Crippen molar-refractivity contribution in [1.29, 1.82) is 0 Å². The van der Waals surface area contributed by atoms with Crippen LogP contribution in [0, 0.1) is 0 Å². The van der Waals surface area contributed by atoms with Gasteiger partial charge in [0.05, 0.1) is 12.2 Å². The second-order valence-corrected chi connectivity index (χ2v) is 4.85. The fourth-order valence-corrected chi connectivity index (χ4v) is 2.04. The Kier molecular flexibility index (Phi) is 4.90. The van der Waals surface area contributed by atoms with Gasteiger partial charge < -0.3 is 5.32 Å². The molecule has 1 N–H and O–H groups in total. The van der Waals surface area contributed by atoms with Crippen molar-refractivity contribution in [2.75, 3.05) is 26.2 Å². The Balaban J connectivity index is 1.74. The first-order valence-corrected chi connectivity index (χ1v) is 6.75. The van der Waals surface area contributed by atoms with Crippen LogP contribution in [-0.2, 0) is 13.1 Å². The zero-order valence-corrected chi connectivity index (χ0v) is 11.4. The van der Waals surface area contributed by atoms with E-state index in [1.807, 2.05) is 10.9 Å².